The topological polar surface area (TPSA) is 51.2 Å². The molecule has 1 amide bonds. The number of nitrogens with one attached hydrogen (secondary N) is 1. The maximum Gasteiger partial charge on any atom is 0.229 e. The molecule has 0 saturated carbocycles. The third-order valence-electron chi connectivity index (χ3n) is 2.95. The molecule has 20 heavy (non-hydrogen) atoms. The van der Waals surface area contributed by atoms with Crippen LogP contribution in [-0.4, -0.2) is 18.0 Å². The first-order valence-electron chi connectivity index (χ1n) is 6.27. The van der Waals surface area contributed by atoms with Crippen LogP contribution in [0, 0.1) is 5.41 Å². The summed E-state index contributed by atoms with van der Waals surface area (Å²) in [5, 5.41) is 3.84. The molecule has 0 atom stereocenters. The van der Waals surface area contributed by atoms with Crippen LogP contribution in [0.1, 0.15) is 20.8 Å². The van der Waals surface area contributed by atoms with Crippen molar-refractivity contribution in [3.05, 3.63) is 28.9 Å². The third kappa shape index (κ3) is 2.77. The summed E-state index contributed by atoms with van der Waals surface area (Å²) in [7, 11) is 1.57. The first kappa shape index (κ1) is 14.8. The number of carbonyl (C=O) groups excluding carboxylic acids is 1. The second-order valence-electron chi connectivity index (χ2n) is 5.54. The Morgan fingerprint density at radius 1 is 1.30 bits per heavy atom. The Morgan fingerprint density at radius 2 is 2.00 bits per heavy atom. The van der Waals surface area contributed by atoms with Crippen LogP contribution >= 0.6 is 15.9 Å². The van der Waals surface area contributed by atoms with Crippen LogP contribution in [0.25, 0.3) is 10.9 Å². The van der Waals surface area contributed by atoms with E-state index in [4.69, 9.17) is 4.74 Å². The molecule has 2 aromatic rings. The second kappa shape index (κ2) is 5.40. The van der Waals surface area contributed by atoms with Gasteiger partial charge in [0.1, 0.15) is 5.52 Å². The van der Waals surface area contributed by atoms with Crippen LogP contribution in [0.5, 0.6) is 5.75 Å². The molecule has 5 heteroatoms. The van der Waals surface area contributed by atoms with Gasteiger partial charge in [-0.15, -0.1) is 0 Å². The van der Waals surface area contributed by atoms with Crippen molar-refractivity contribution in [2.75, 3.05) is 12.4 Å². The van der Waals surface area contributed by atoms with Gasteiger partial charge in [-0.3, -0.25) is 9.78 Å². The third-order valence-corrected chi connectivity index (χ3v) is 3.64. The van der Waals surface area contributed by atoms with Crippen molar-refractivity contribution in [3.63, 3.8) is 0 Å². The quantitative estimate of drug-likeness (QED) is 0.901. The van der Waals surface area contributed by atoms with Crippen molar-refractivity contribution in [1.82, 2.24) is 4.98 Å². The number of hydrogen-bond acceptors (Lipinski definition) is 3. The Balaban J connectivity index is 2.53. The van der Waals surface area contributed by atoms with Crippen molar-refractivity contribution in [3.8, 4) is 5.75 Å². The standard InChI is InChI=1S/C15H17BrN2O2/c1-15(2,3)14(19)18-11-6-5-9-10(16)7-8-17-12(9)13(11)20-4/h5-8H,1-4H3,(H,18,19). The number of nitrogens with zero attached hydrogens (tertiary/aromatic N) is 1. The van der Waals surface area contributed by atoms with Crippen LogP contribution in [-0.2, 0) is 4.79 Å². The number of fused-ring (bicyclic) bond motifs is 1. The van der Waals surface area contributed by atoms with Crippen molar-refractivity contribution in [2.24, 2.45) is 5.41 Å². The lowest BCUT2D eigenvalue weighted by Gasteiger charge is -2.19. The number of anilines is 1. The lowest BCUT2D eigenvalue weighted by molar-refractivity contribution is -0.123. The van der Waals surface area contributed by atoms with E-state index in [1.165, 1.54) is 0 Å². The Bertz CT molecular complexity index is 663. The molecular formula is C15H17BrN2O2. The van der Waals surface area contributed by atoms with Crippen LogP contribution in [0.2, 0.25) is 0 Å². The molecule has 1 aromatic heterocycles. The number of aromatic nitrogens is 1. The average Bonchev–Trinajstić information content (AvgIpc) is 2.37. The predicted molar refractivity (Wildman–Crippen MR) is 84.1 cm³/mol. The van der Waals surface area contributed by atoms with Crippen LogP contribution in [0.3, 0.4) is 0 Å². The van der Waals surface area contributed by atoms with E-state index in [0.717, 1.165) is 9.86 Å². The van der Waals surface area contributed by atoms with Crippen LogP contribution in [0.15, 0.2) is 28.9 Å². The van der Waals surface area contributed by atoms with E-state index < -0.39 is 5.41 Å². The van der Waals surface area contributed by atoms with Gasteiger partial charge in [0.25, 0.3) is 0 Å². The minimum absolute atomic E-state index is 0.0647. The zero-order chi connectivity index (χ0) is 14.9. The molecule has 0 radical (unpaired) electrons. The molecule has 1 aromatic carbocycles. The summed E-state index contributed by atoms with van der Waals surface area (Å²) >= 11 is 3.48. The van der Waals surface area contributed by atoms with Gasteiger partial charge in [0.05, 0.1) is 12.8 Å². The van der Waals surface area contributed by atoms with Gasteiger partial charge in [-0.25, -0.2) is 0 Å². The summed E-state index contributed by atoms with van der Waals surface area (Å²) in [4.78, 5) is 16.4. The first-order chi connectivity index (χ1) is 9.34. The molecule has 106 valence electrons. The first-order valence-corrected chi connectivity index (χ1v) is 7.06. The van der Waals surface area contributed by atoms with Gasteiger partial charge in [0, 0.05) is 21.5 Å². The summed E-state index contributed by atoms with van der Waals surface area (Å²) in [5.74, 6) is 0.506. The lowest BCUT2D eigenvalue weighted by atomic mass is 9.95. The highest BCUT2D eigenvalue weighted by Gasteiger charge is 2.23. The lowest BCUT2D eigenvalue weighted by Crippen LogP contribution is -2.27. The summed E-state index contributed by atoms with van der Waals surface area (Å²) in [6.07, 6.45) is 1.70. The number of amides is 1. The zero-order valence-corrected chi connectivity index (χ0v) is 13.5. The molecule has 0 bridgehead atoms. The zero-order valence-electron chi connectivity index (χ0n) is 12.0. The second-order valence-corrected chi connectivity index (χ2v) is 6.39. The normalized spacial score (nSPS) is 11.4. The Kier molecular flexibility index (Phi) is 3.99. The van der Waals surface area contributed by atoms with E-state index in [-0.39, 0.29) is 5.91 Å². The van der Waals surface area contributed by atoms with Gasteiger partial charge in [-0.2, -0.15) is 0 Å². The molecule has 0 spiro atoms. The fourth-order valence-corrected chi connectivity index (χ4v) is 2.21. The maximum absolute atomic E-state index is 12.1. The van der Waals surface area contributed by atoms with Gasteiger partial charge >= 0.3 is 0 Å². The average molecular weight is 337 g/mol. The Morgan fingerprint density at radius 3 is 2.60 bits per heavy atom. The molecule has 0 aliphatic heterocycles. The summed E-state index contributed by atoms with van der Waals surface area (Å²) < 4.78 is 6.37. The summed E-state index contributed by atoms with van der Waals surface area (Å²) in [5.41, 5.74) is 0.879. The summed E-state index contributed by atoms with van der Waals surface area (Å²) in [6, 6.07) is 5.61. The number of benzene rings is 1. The molecule has 4 nitrogen and oxygen atoms in total. The predicted octanol–water partition coefficient (Wildman–Crippen LogP) is 3.99. The summed E-state index contributed by atoms with van der Waals surface area (Å²) in [6.45, 7) is 5.60. The highest BCUT2D eigenvalue weighted by molar-refractivity contribution is 9.10. The molecule has 1 heterocycles. The Hall–Kier alpha value is -1.62. The molecule has 2 rings (SSSR count). The van der Waals surface area contributed by atoms with Gasteiger partial charge in [0.2, 0.25) is 5.91 Å². The fraction of sp³-hybridized carbons (Fsp3) is 0.333. The molecule has 1 N–H and O–H groups in total. The minimum Gasteiger partial charge on any atom is -0.492 e. The minimum atomic E-state index is -0.468. The van der Waals surface area contributed by atoms with E-state index >= 15 is 0 Å². The highest BCUT2D eigenvalue weighted by atomic mass is 79.9. The van der Waals surface area contributed by atoms with Gasteiger partial charge < -0.3 is 10.1 Å². The smallest absolute Gasteiger partial charge is 0.229 e. The van der Waals surface area contributed by atoms with E-state index in [0.29, 0.717) is 17.0 Å². The van der Waals surface area contributed by atoms with Crippen molar-refractivity contribution < 1.29 is 9.53 Å². The molecule has 0 fully saturated rings. The number of ether oxygens (including phenoxy) is 1. The molecule has 0 aliphatic carbocycles. The Labute approximate surface area is 126 Å². The SMILES string of the molecule is COc1c(NC(=O)C(C)(C)C)ccc2c(Br)ccnc12. The van der Waals surface area contributed by atoms with Gasteiger partial charge in [-0.05, 0) is 18.2 Å². The van der Waals surface area contributed by atoms with Gasteiger partial charge in [0.15, 0.2) is 5.75 Å². The van der Waals surface area contributed by atoms with Crippen molar-refractivity contribution in [1.29, 1.82) is 0 Å². The van der Waals surface area contributed by atoms with Gasteiger partial charge in [-0.1, -0.05) is 36.7 Å². The molecular weight excluding hydrogens is 320 g/mol. The largest absolute Gasteiger partial charge is 0.492 e. The molecule has 0 saturated heterocycles. The number of pyridine rings is 1. The number of hydrogen-bond donors (Lipinski definition) is 1. The highest BCUT2D eigenvalue weighted by Crippen LogP contribution is 2.35. The maximum atomic E-state index is 12.1. The van der Waals surface area contributed by atoms with E-state index in [9.17, 15) is 4.79 Å². The van der Waals surface area contributed by atoms with Crippen LogP contribution < -0.4 is 10.1 Å². The van der Waals surface area contributed by atoms with Crippen LogP contribution in [0.4, 0.5) is 5.69 Å². The number of rotatable bonds is 2. The fourth-order valence-electron chi connectivity index (χ4n) is 1.77. The number of halogens is 1. The van der Waals surface area contributed by atoms with Crippen molar-refractivity contribution >= 4 is 38.4 Å². The van der Waals surface area contributed by atoms with E-state index in [1.54, 1.807) is 13.3 Å². The van der Waals surface area contributed by atoms with E-state index in [1.807, 2.05) is 39.0 Å². The van der Waals surface area contributed by atoms with E-state index in [2.05, 4.69) is 26.2 Å². The van der Waals surface area contributed by atoms with Crippen molar-refractivity contribution in [2.45, 2.75) is 20.8 Å². The molecule has 0 aliphatic rings. The number of carbonyl (C=O) groups is 1. The monoisotopic (exact) mass is 336 g/mol. The number of methoxy groups -OCH3 is 1. The molecule has 0 unspecified atom stereocenters.